The lowest BCUT2D eigenvalue weighted by Gasteiger charge is -1.98. The van der Waals surface area contributed by atoms with Crippen LogP contribution >= 0.6 is 46.6 Å². The van der Waals surface area contributed by atoms with Crippen LogP contribution in [0.3, 0.4) is 0 Å². The van der Waals surface area contributed by atoms with E-state index in [1.165, 1.54) is 8.27 Å². The van der Waals surface area contributed by atoms with Gasteiger partial charge in [0.1, 0.15) is 0 Å². The molecule has 0 unspecified atom stereocenters. The van der Waals surface area contributed by atoms with E-state index < -0.39 is 0 Å². The molecule has 0 atom stereocenters. The van der Waals surface area contributed by atoms with Gasteiger partial charge >= 0.3 is 0 Å². The molecule has 1 aromatic heterocycles. The first kappa shape index (κ1) is 8.65. The Morgan fingerprint density at radius 3 is 2.83 bits per heavy atom. The van der Waals surface area contributed by atoms with Gasteiger partial charge in [0, 0.05) is 24.9 Å². The molecule has 0 aliphatic heterocycles. The SMILES string of the molecule is Nc1ccc(I)c2scc(S)c12. The van der Waals surface area contributed by atoms with Gasteiger partial charge in [0.2, 0.25) is 0 Å². The van der Waals surface area contributed by atoms with E-state index in [2.05, 4.69) is 35.2 Å². The summed E-state index contributed by atoms with van der Waals surface area (Å²) in [5.41, 5.74) is 6.64. The molecular formula is C8H6INS2. The molecule has 2 rings (SSSR count). The predicted molar refractivity (Wildman–Crippen MR) is 66.2 cm³/mol. The van der Waals surface area contributed by atoms with Gasteiger partial charge in [-0.3, -0.25) is 0 Å². The molecular weight excluding hydrogens is 301 g/mol. The minimum absolute atomic E-state index is 0.816. The molecule has 0 spiro atoms. The molecule has 0 aliphatic rings. The van der Waals surface area contributed by atoms with Crippen LogP contribution in [0.2, 0.25) is 0 Å². The van der Waals surface area contributed by atoms with E-state index in [1.807, 2.05) is 17.5 Å². The summed E-state index contributed by atoms with van der Waals surface area (Å²) in [6, 6.07) is 3.96. The molecule has 1 heterocycles. The molecule has 1 nitrogen and oxygen atoms in total. The number of rotatable bonds is 0. The highest BCUT2D eigenvalue weighted by atomic mass is 127. The zero-order chi connectivity index (χ0) is 8.72. The van der Waals surface area contributed by atoms with E-state index >= 15 is 0 Å². The maximum absolute atomic E-state index is 5.82. The molecule has 2 N–H and O–H groups in total. The molecule has 0 radical (unpaired) electrons. The van der Waals surface area contributed by atoms with Crippen molar-refractivity contribution in [3.63, 3.8) is 0 Å². The number of halogens is 1. The summed E-state index contributed by atoms with van der Waals surface area (Å²) in [5, 5.41) is 3.11. The fourth-order valence-electron chi connectivity index (χ4n) is 1.13. The second-order valence-electron chi connectivity index (χ2n) is 2.46. The number of anilines is 1. The first-order valence-electron chi connectivity index (χ1n) is 3.34. The molecule has 1 aromatic carbocycles. The lowest BCUT2D eigenvalue weighted by molar-refractivity contribution is 1.65. The maximum Gasteiger partial charge on any atom is 0.0508 e. The van der Waals surface area contributed by atoms with Gasteiger partial charge in [-0.1, -0.05) is 0 Å². The summed E-state index contributed by atoms with van der Waals surface area (Å²) >= 11 is 8.35. The molecule has 12 heavy (non-hydrogen) atoms. The van der Waals surface area contributed by atoms with Crippen molar-refractivity contribution in [2.45, 2.75) is 4.90 Å². The second kappa shape index (κ2) is 3.08. The average Bonchev–Trinajstić information content (AvgIpc) is 2.42. The normalized spacial score (nSPS) is 10.8. The van der Waals surface area contributed by atoms with Crippen LogP contribution in [0.4, 0.5) is 5.69 Å². The predicted octanol–water partition coefficient (Wildman–Crippen LogP) is 3.38. The summed E-state index contributed by atoms with van der Waals surface area (Å²) in [4.78, 5) is 0.978. The van der Waals surface area contributed by atoms with Gasteiger partial charge in [-0.2, -0.15) is 0 Å². The Morgan fingerprint density at radius 2 is 2.17 bits per heavy atom. The standard InChI is InChI=1S/C8H6INS2/c9-4-1-2-5(10)7-6(11)3-12-8(4)7/h1-3,11H,10H2. The van der Waals surface area contributed by atoms with Gasteiger partial charge in [0.05, 0.1) is 4.70 Å². The molecule has 0 bridgehead atoms. The highest BCUT2D eigenvalue weighted by Crippen LogP contribution is 2.35. The van der Waals surface area contributed by atoms with Gasteiger partial charge in [-0.15, -0.1) is 24.0 Å². The summed E-state index contributed by atoms with van der Waals surface area (Å²) in [6.07, 6.45) is 0. The zero-order valence-corrected chi connectivity index (χ0v) is 9.91. The van der Waals surface area contributed by atoms with Crippen molar-refractivity contribution in [3.8, 4) is 0 Å². The minimum atomic E-state index is 0.816. The molecule has 0 aliphatic carbocycles. The van der Waals surface area contributed by atoms with Gasteiger partial charge in [-0.25, -0.2) is 0 Å². The number of hydrogen-bond donors (Lipinski definition) is 2. The third-order valence-corrected chi connectivity index (χ3v) is 4.49. The smallest absolute Gasteiger partial charge is 0.0508 e. The highest BCUT2D eigenvalue weighted by Gasteiger charge is 2.06. The van der Waals surface area contributed by atoms with Crippen molar-refractivity contribution >= 4 is 62.3 Å². The first-order chi connectivity index (χ1) is 5.70. The van der Waals surface area contributed by atoms with Gasteiger partial charge in [0.15, 0.2) is 0 Å². The van der Waals surface area contributed by atoms with Crippen molar-refractivity contribution in [2.24, 2.45) is 0 Å². The molecule has 0 saturated carbocycles. The Balaban J connectivity index is 2.98. The Kier molecular flexibility index (Phi) is 2.22. The lowest BCUT2D eigenvalue weighted by atomic mass is 10.2. The largest absolute Gasteiger partial charge is 0.398 e. The van der Waals surface area contributed by atoms with E-state index in [-0.39, 0.29) is 0 Å². The van der Waals surface area contributed by atoms with Crippen LogP contribution in [0.5, 0.6) is 0 Å². The van der Waals surface area contributed by atoms with Gasteiger partial charge < -0.3 is 5.73 Å². The van der Waals surface area contributed by atoms with E-state index in [4.69, 9.17) is 5.73 Å². The Hall–Kier alpha value is 0.0600. The minimum Gasteiger partial charge on any atom is -0.398 e. The quantitative estimate of drug-likeness (QED) is 0.435. The fraction of sp³-hybridized carbons (Fsp3) is 0. The summed E-state index contributed by atoms with van der Waals surface area (Å²) in [6.45, 7) is 0. The molecule has 0 amide bonds. The van der Waals surface area contributed by atoms with Crippen LogP contribution in [-0.4, -0.2) is 0 Å². The number of thiol groups is 1. The number of nitrogens with two attached hydrogens (primary N) is 1. The monoisotopic (exact) mass is 307 g/mol. The Bertz CT molecular complexity index is 436. The third kappa shape index (κ3) is 1.22. The first-order valence-corrected chi connectivity index (χ1v) is 5.75. The lowest BCUT2D eigenvalue weighted by Crippen LogP contribution is -1.85. The van der Waals surface area contributed by atoms with E-state index in [9.17, 15) is 0 Å². The number of nitrogen functional groups attached to an aromatic ring is 1. The van der Waals surface area contributed by atoms with Crippen molar-refractivity contribution in [2.75, 3.05) is 5.73 Å². The highest BCUT2D eigenvalue weighted by molar-refractivity contribution is 14.1. The molecule has 4 heteroatoms. The van der Waals surface area contributed by atoms with Gasteiger partial charge in [0.25, 0.3) is 0 Å². The van der Waals surface area contributed by atoms with E-state index in [0.29, 0.717) is 0 Å². The Labute approximate surface area is 93.5 Å². The summed E-state index contributed by atoms with van der Waals surface area (Å²) < 4.78 is 2.47. The zero-order valence-electron chi connectivity index (χ0n) is 6.04. The number of benzene rings is 1. The number of hydrogen-bond acceptors (Lipinski definition) is 3. The fourth-order valence-corrected chi connectivity index (χ4v) is 3.30. The van der Waals surface area contributed by atoms with Crippen LogP contribution in [0, 0.1) is 3.57 Å². The maximum atomic E-state index is 5.82. The number of thiophene rings is 1. The van der Waals surface area contributed by atoms with Crippen molar-refractivity contribution < 1.29 is 0 Å². The second-order valence-corrected chi connectivity index (χ2v) is 4.99. The molecule has 62 valence electrons. The van der Waals surface area contributed by atoms with Crippen LogP contribution in [0.15, 0.2) is 22.4 Å². The molecule has 0 fully saturated rings. The number of fused-ring (bicyclic) bond motifs is 1. The van der Waals surface area contributed by atoms with E-state index in [1.54, 1.807) is 11.3 Å². The van der Waals surface area contributed by atoms with Gasteiger partial charge in [-0.05, 0) is 34.7 Å². The molecule has 0 saturated heterocycles. The van der Waals surface area contributed by atoms with Crippen LogP contribution < -0.4 is 5.73 Å². The molecule has 2 aromatic rings. The van der Waals surface area contributed by atoms with Crippen molar-refractivity contribution in [3.05, 3.63) is 21.1 Å². The summed E-state index contributed by atoms with van der Waals surface area (Å²) in [5.74, 6) is 0. The third-order valence-electron chi connectivity index (χ3n) is 1.69. The van der Waals surface area contributed by atoms with Crippen molar-refractivity contribution in [1.82, 2.24) is 0 Å². The summed E-state index contributed by atoms with van der Waals surface area (Å²) in [7, 11) is 0. The van der Waals surface area contributed by atoms with Crippen LogP contribution in [-0.2, 0) is 0 Å². The van der Waals surface area contributed by atoms with Crippen molar-refractivity contribution in [1.29, 1.82) is 0 Å². The average molecular weight is 307 g/mol. The van der Waals surface area contributed by atoms with Crippen LogP contribution in [0.1, 0.15) is 0 Å². The van der Waals surface area contributed by atoms with E-state index in [0.717, 1.165) is 16.0 Å². The van der Waals surface area contributed by atoms with Crippen LogP contribution in [0.25, 0.3) is 10.1 Å². The Morgan fingerprint density at radius 1 is 1.42 bits per heavy atom. The topological polar surface area (TPSA) is 26.0 Å².